The Hall–Kier alpha value is -0.350. The number of halogens is 1. The highest BCUT2D eigenvalue weighted by Gasteiger charge is 2.03. The number of aromatic nitrogens is 2. The molecule has 2 aromatic heterocycles. The zero-order valence-electron chi connectivity index (χ0n) is 5.34. The zero-order valence-corrected chi connectivity index (χ0v) is 7.74. The molecule has 2 aromatic rings. The third-order valence-electron chi connectivity index (χ3n) is 1.36. The molecular formula is C6H5BrN2S. The minimum Gasteiger partial charge on any atom is -0.283 e. The summed E-state index contributed by atoms with van der Waals surface area (Å²) < 4.78 is 3.14. The molecule has 0 fully saturated rings. The van der Waals surface area contributed by atoms with Crippen molar-refractivity contribution in [2.75, 3.05) is 0 Å². The van der Waals surface area contributed by atoms with Crippen LogP contribution < -0.4 is 0 Å². The molecule has 0 aromatic carbocycles. The fraction of sp³-hybridized carbons (Fsp3) is 0.167. The maximum atomic E-state index is 4.01. The van der Waals surface area contributed by atoms with Crippen molar-refractivity contribution in [3.8, 4) is 0 Å². The van der Waals surface area contributed by atoms with Crippen LogP contribution in [0, 0.1) is 6.92 Å². The van der Waals surface area contributed by atoms with Gasteiger partial charge in [0.1, 0.15) is 15.8 Å². The Kier molecular flexibility index (Phi) is 1.32. The van der Waals surface area contributed by atoms with E-state index in [1.807, 2.05) is 16.9 Å². The van der Waals surface area contributed by atoms with E-state index in [0.29, 0.717) is 0 Å². The molecule has 0 amide bonds. The highest BCUT2D eigenvalue weighted by atomic mass is 79.9. The summed E-state index contributed by atoms with van der Waals surface area (Å²) in [6, 6.07) is 0. The first kappa shape index (κ1) is 6.37. The number of imidazole rings is 1. The van der Waals surface area contributed by atoms with Crippen LogP contribution >= 0.6 is 27.3 Å². The lowest BCUT2D eigenvalue weighted by Crippen LogP contribution is -1.75. The van der Waals surface area contributed by atoms with E-state index in [-0.39, 0.29) is 0 Å². The van der Waals surface area contributed by atoms with Crippen molar-refractivity contribution in [1.29, 1.82) is 0 Å². The average Bonchev–Trinajstić information content (AvgIpc) is 2.41. The maximum absolute atomic E-state index is 4.01. The average molecular weight is 217 g/mol. The topological polar surface area (TPSA) is 17.3 Å². The predicted octanol–water partition coefficient (Wildman–Crippen LogP) is 2.47. The minimum absolute atomic E-state index is 1.12. The Morgan fingerprint density at radius 3 is 3.20 bits per heavy atom. The molecular weight excluding hydrogens is 212 g/mol. The Morgan fingerprint density at radius 2 is 2.50 bits per heavy atom. The Balaban J connectivity index is 2.95. The molecule has 0 N–H and O–H groups in total. The third-order valence-corrected chi connectivity index (χ3v) is 3.61. The Labute approximate surface area is 70.6 Å². The number of aryl methyl sites for hydroxylation is 1. The Morgan fingerprint density at radius 1 is 1.70 bits per heavy atom. The normalized spacial score (nSPS) is 11.0. The summed E-state index contributed by atoms with van der Waals surface area (Å²) in [5.41, 5.74) is 0. The first-order valence-corrected chi connectivity index (χ1v) is 4.47. The molecule has 0 aliphatic rings. The van der Waals surface area contributed by atoms with Gasteiger partial charge >= 0.3 is 0 Å². The second-order valence-electron chi connectivity index (χ2n) is 2.05. The number of rotatable bonds is 0. The van der Waals surface area contributed by atoms with Crippen molar-refractivity contribution in [3.05, 3.63) is 22.0 Å². The van der Waals surface area contributed by atoms with Crippen molar-refractivity contribution in [2.24, 2.45) is 0 Å². The van der Waals surface area contributed by atoms with E-state index < -0.39 is 0 Å². The summed E-state index contributed by atoms with van der Waals surface area (Å²) >= 11 is 5.20. The highest BCUT2D eigenvalue weighted by Crippen LogP contribution is 2.26. The smallest absolute Gasteiger partial charge is 0.120 e. The highest BCUT2D eigenvalue weighted by molar-refractivity contribution is 9.10. The van der Waals surface area contributed by atoms with Gasteiger partial charge < -0.3 is 0 Å². The van der Waals surface area contributed by atoms with E-state index in [2.05, 4.69) is 27.8 Å². The van der Waals surface area contributed by atoms with Crippen molar-refractivity contribution < 1.29 is 0 Å². The quantitative estimate of drug-likeness (QED) is 0.662. The van der Waals surface area contributed by atoms with Crippen molar-refractivity contribution >= 4 is 32.1 Å². The fourth-order valence-electron chi connectivity index (χ4n) is 0.874. The molecule has 52 valence electrons. The van der Waals surface area contributed by atoms with Crippen LogP contribution in [0.3, 0.4) is 0 Å². The summed E-state index contributed by atoms with van der Waals surface area (Å²) in [7, 11) is 0. The van der Waals surface area contributed by atoms with Gasteiger partial charge in [-0.3, -0.25) is 4.40 Å². The fourth-order valence-corrected chi connectivity index (χ4v) is 2.36. The molecule has 0 saturated carbocycles. The molecule has 0 radical (unpaired) electrons. The predicted molar refractivity (Wildman–Crippen MR) is 45.5 cm³/mol. The van der Waals surface area contributed by atoms with E-state index >= 15 is 0 Å². The van der Waals surface area contributed by atoms with Gasteiger partial charge in [-0.1, -0.05) is 0 Å². The van der Waals surface area contributed by atoms with Gasteiger partial charge in [-0.15, -0.1) is 11.3 Å². The van der Waals surface area contributed by atoms with Gasteiger partial charge in [0.25, 0.3) is 0 Å². The zero-order chi connectivity index (χ0) is 7.14. The van der Waals surface area contributed by atoms with Gasteiger partial charge in [-0.05, 0) is 22.9 Å². The molecule has 0 spiro atoms. The van der Waals surface area contributed by atoms with E-state index in [4.69, 9.17) is 0 Å². The van der Waals surface area contributed by atoms with E-state index in [1.54, 1.807) is 11.3 Å². The first-order valence-electron chi connectivity index (χ1n) is 2.86. The second-order valence-corrected chi connectivity index (χ2v) is 4.04. The maximum Gasteiger partial charge on any atom is 0.120 e. The number of hydrogen-bond acceptors (Lipinski definition) is 2. The number of hydrogen-bond donors (Lipinski definition) is 0. The molecule has 2 rings (SSSR count). The van der Waals surface area contributed by atoms with Gasteiger partial charge in [-0.25, -0.2) is 4.98 Å². The molecule has 4 heteroatoms. The molecule has 0 bridgehead atoms. The minimum atomic E-state index is 1.12. The standard InChI is InChI=1S/C6H5BrN2S/c1-4-6(7)9-3-8-2-5(9)10-4/h2-3H,1H3. The molecule has 0 aliphatic heterocycles. The lowest BCUT2D eigenvalue weighted by Gasteiger charge is -1.84. The van der Waals surface area contributed by atoms with Crippen molar-refractivity contribution in [3.63, 3.8) is 0 Å². The largest absolute Gasteiger partial charge is 0.283 e. The van der Waals surface area contributed by atoms with Crippen LogP contribution in [0.2, 0.25) is 0 Å². The summed E-state index contributed by atoms with van der Waals surface area (Å²) in [6.45, 7) is 2.09. The van der Waals surface area contributed by atoms with Crippen molar-refractivity contribution in [1.82, 2.24) is 9.38 Å². The van der Waals surface area contributed by atoms with E-state index in [9.17, 15) is 0 Å². The van der Waals surface area contributed by atoms with Crippen LogP contribution in [0.4, 0.5) is 0 Å². The molecule has 10 heavy (non-hydrogen) atoms. The molecule has 0 atom stereocenters. The van der Waals surface area contributed by atoms with Gasteiger partial charge in [0.05, 0.1) is 6.20 Å². The molecule has 0 aliphatic carbocycles. The Bertz CT molecular complexity index is 363. The van der Waals surface area contributed by atoms with Crippen LogP contribution in [0.15, 0.2) is 17.1 Å². The lowest BCUT2D eigenvalue weighted by atomic mass is 10.6. The van der Waals surface area contributed by atoms with Crippen LogP contribution in [0.5, 0.6) is 0 Å². The summed E-state index contributed by atoms with van der Waals surface area (Å²) in [4.78, 5) is 6.48. The van der Waals surface area contributed by atoms with Gasteiger partial charge in [0.2, 0.25) is 0 Å². The molecule has 2 heterocycles. The van der Waals surface area contributed by atoms with Crippen LogP contribution in [0.25, 0.3) is 4.83 Å². The van der Waals surface area contributed by atoms with Crippen LogP contribution in [-0.4, -0.2) is 9.38 Å². The van der Waals surface area contributed by atoms with Gasteiger partial charge in [0, 0.05) is 4.88 Å². The third kappa shape index (κ3) is 0.722. The summed E-state index contributed by atoms with van der Waals surface area (Å²) in [6.07, 6.45) is 3.67. The monoisotopic (exact) mass is 216 g/mol. The number of fused-ring (bicyclic) bond motifs is 1. The van der Waals surface area contributed by atoms with E-state index in [1.165, 1.54) is 9.71 Å². The second kappa shape index (κ2) is 2.07. The molecule has 0 unspecified atom stereocenters. The summed E-state index contributed by atoms with van der Waals surface area (Å²) in [5, 5.41) is 0. The number of nitrogens with zero attached hydrogens (tertiary/aromatic N) is 2. The lowest BCUT2D eigenvalue weighted by molar-refractivity contribution is 1.13. The van der Waals surface area contributed by atoms with Gasteiger partial charge in [-0.2, -0.15) is 0 Å². The van der Waals surface area contributed by atoms with E-state index in [0.717, 1.165) is 4.60 Å². The molecule has 0 saturated heterocycles. The van der Waals surface area contributed by atoms with Crippen LogP contribution in [0.1, 0.15) is 4.88 Å². The van der Waals surface area contributed by atoms with Gasteiger partial charge in [0.15, 0.2) is 0 Å². The van der Waals surface area contributed by atoms with Crippen molar-refractivity contribution in [2.45, 2.75) is 6.92 Å². The number of thiazole rings is 1. The van der Waals surface area contributed by atoms with Crippen LogP contribution in [-0.2, 0) is 0 Å². The molecule has 2 nitrogen and oxygen atoms in total. The first-order chi connectivity index (χ1) is 4.79. The summed E-state index contributed by atoms with van der Waals surface area (Å²) in [5.74, 6) is 0. The SMILES string of the molecule is Cc1sc2cncn2c1Br.